The van der Waals surface area contributed by atoms with Crippen LogP contribution in [0.25, 0.3) is 0 Å². The molecule has 72 valence electrons. The van der Waals surface area contributed by atoms with Crippen LogP contribution in [0.1, 0.15) is 26.7 Å². The van der Waals surface area contributed by atoms with Gasteiger partial charge in [0.05, 0.1) is 0 Å². The zero-order chi connectivity index (χ0) is 8.97. The van der Waals surface area contributed by atoms with E-state index in [1.165, 1.54) is 6.42 Å². The lowest BCUT2D eigenvalue weighted by molar-refractivity contribution is 0.00348. The summed E-state index contributed by atoms with van der Waals surface area (Å²) in [7, 11) is 0. The van der Waals surface area contributed by atoms with Gasteiger partial charge in [0.2, 0.25) is 0 Å². The zero-order valence-electron chi connectivity index (χ0n) is 8.12. The molecule has 0 amide bonds. The first-order chi connectivity index (χ1) is 5.75. The van der Waals surface area contributed by atoms with Crippen LogP contribution >= 0.6 is 0 Å². The van der Waals surface area contributed by atoms with E-state index in [9.17, 15) is 5.11 Å². The predicted octanol–water partition coefficient (Wildman–Crippen LogP) is 1.68. The quantitative estimate of drug-likeness (QED) is 0.701. The number of hydrogen-bond donors (Lipinski definition) is 1. The summed E-state index contributed by atoms with van der Waals surface area (Å²) in [6.07, 6.45) is 2.39. The van der Waals surface area contributed by atoms with Crippen molar-refractivity contribution >= 4 is 0 Å². The van der Waals surface area contributed by atoms with Gasteiger partial charge in [0.25, 0.3) is 0 Å². The number of hydrogen-bond acceptors (Lipinski definition) is 2. The third kappa shape index (κ3) is 2.46. The minimum absolute atomic E-state index is 0.311. The van der Waals surface area contributed by atoms with Gasteiger partial charge in [-0.1, -0.05) is 13.8 Å². The van der Waals surface area contributed by atoms with Gasteiger partial charge in [-0.3, -0.25) is 0 Å². The minimum Gasteiger partial charge on any atom is -0.396 e. The molecule has 0 aromatic heterocycles. The van der Waals surface area contributed by atoms with Gasteiger partial charge >= 0.3 is 0 Å². The molecule has 0 aromatic rings. The van der Waals surface area contributed by atoms with Crippen molar-refractivity contribution in [3.8, 4) is 0 Å². The van der Waals surface area contributed by atoms with E-state index in [4.69, 9.17) is 4.74 Å². The highest BCUT2D eigenvalue weighted by Gasteiger charge is 2.25. The molecule has 1 aliphatic heterocycles. The second-order valence-electron chi connectivity index (χ2n) is 4.07. The van der Waals surface area contributed by atoms with E-state index >= 15 is 0 Å². The highest BCUT2D eigenvalue weighted by molar-refractivity contribution is 4.74. The molecule has 1 saturated heterocycles. The molecular weight excluding hydrogens is 152 g/mol. The first-order valence-electron chi connectivity index (χ1n) is 4.94. The van der Waals surface area contributed by atoms with Gasteiger partial charge in [-0.15, -0.1) is 0 Å². The monoisotopic (exact) mass is 172 g/mol. The van der Waals surface area contributed by atoms with E-state index in [0.717, 1.165) is 19.6 Å². The fourth-order valence-electron chi connectivity index (χ4n) is 2.01. The van der Waals surface area contributed by atoms with Crippen LogP contribution in [0.4, 0.5) is 0 Å². The second-order valence-corrected chi connectivity index (χ2v) is 4.07. The molecule has 2 unspecified atom stereocenters. The molecule has 1 rings (SSSR count). The highest BCUT2D eigenvalue weighted by atomic mass is 16.5. The normalized spacial score (nSPS) is 27.5. The van der Waals surface area contributed by atoms with Gasteiger partial charge < -0.3 is 9.84 Å². The molecule has 0 saturated carbocycles. The van der Waals surface area contributed by atoms with Gasteiger partial charge in [-0.25, -0.2) is 0 Å². The second kappa shape index (κ2) is 4.83. The Balaban J connectivity index is 2.40. The van der Waals surface area contributed by atoms with Crippen LogP contribution < -0.4 is 0 Å². The molecule has 1 N–H and O–H groups in total. The minimum atomic E-state index is 0.311. The Morgan fingerprint density at radius 3 is 2.67 bits per heavy atom. The van der Waals surface area contributed by atoms with E-state index < -0.39 is 0 Å². The van der Waals surface area contributed by atoms with Gasteiger partial charge in [0.1, 0.15) is 0 Å². The van der Waals surface area contributed by atoms with E-state index in [0.29, 0.717) is 24.4 Å². The Labute approximate surface area is 74.9 Å². The fraction of sp³-hybridized carbons (Fsp3) is 1.00. The maximum atomic E-state index is 9.19. The lowest BCUT2D eigenvalue weighted by atomic mass is 9.81. The molecule has 0 radical (unpaired) electrons. The van der Waals surface area contributed by atoms with E-state index in [1.807, 2.05) is 0 Å². The van der Waals surface area contributed by atoms with Gasteiger partial charge in [0, 0.05) is 19.8 Å². The number of rotatable bonds is 3. The largest absolute Gasteiger partial charge is 0.396 e. The third-order valence-electron chi connectivity index (χ3n) is 2.87. The van der Waals surface area contributed by atoms with Crippen LogP contribution in [-0.2, 0) is 4.74 Å². The molecule has 2 heteroatoms. The summed E-state index contributed by atoms with van der Waals surface area (Å²) in [5, 5.41) is 9.19. The fourth-order valence-corrected chi connectivity index (χ4v) is 2.01. The Kier molecular flexibility index (Phi) is 4.02. The molecule has 0 bridgehead atoms. The average molecular weight is 172 g/mol. The topological polar surface area (TPSA) is 29.5 Å². The number of aliphatic hydroxyl groups is 1. The first-order valence-corrected chi connectivity index (χ1v) is 4.94. The van der Waals surface area contributed by atoms with Gasteiger partial charge in [0.15, 0.2) is 0 Å². The number of ether oxygens (including phenoxy) is 1. The molecular formula is C10H20O2. The van der Waals surface area contributed by atoms with Crippen molar-refractivity contribution in [3.63, 3.8) is 0 Å². The maximum Gasteiger partial charge on any atom is 0.0497 e. The Morgan fingerprint density at radius 2 is 2.25 bits per heavy atom. The molecule has 2 nitrogen and oxygen atoms in total. The zero-order valence-corrected chi connectivity index (χ0v) is 8.12. The van der Waals surface area contributed by atoms with Crippen LogP contribution in [0.3, 0.4) is 0 Å². The van der Waals surface area contributed by atoms with Crippen LogP contribution in [0.15, 0.2) is 0 Å². The summed E-state index contributed by atoms with van der Waals surface area (Å²) in [6.45, 7) is 6.42. The van der Waals surface area contributed by atoms with Crippen LogP contribution in [0.5, 0.6) is 0 Å². The smallest absolute Gasteiger partial charge is 0.0497 e. The van der Waals surface area contributed by atoms with Crippen molar-refractivity contribution in [1.29, 1.82) is 0 Å². The first kappa shape index (κ1) is 10.0. The Morgan fingerprint density at radius 1 is 1.50 bits per heavy atom. The average Bonchev–Trinajstić information content (AvgIpc) is 2.07. The van der Waals surface area contributed by atoms with Crippen molar-refractivity contribution in [2.24, 2.45) is 17.8 Å². The van der Waals surface area contributed by atoms with Crippen molar-refractivity contribution in [2.45, 2.75) is 26.7 Å². The van der Waals surface area contributed by atoms with Crippen LogP contribution in [-0.4, -0.2) is 24.9 Å². The third-order valence-corrected chi connectivity index (χ3v) is 2.87. The summed E-state index contributed by atoms with van der Waals surface area (Å²) in [6, 6.07) is 0. The molecule has 2 atom stereocenters. The van der Waals surface area contributed by atoms with Crippen LogP contribution in [0.2, 0.25) is 0 Å². The molecule has 1 fully saturated rings. The molecule has 1 aliphatic rings. The number of aliphatic hydroxyl groups excluding tert-OH is 1. The molecule has 12 heavy (non-hydrogen) atoms. The van der Waals surface area contributed by atoms with E-state index in [1.54, 1.807) is 0 Å². The van der Waals surface area contributed by atoms with Crippen molar-refractivity contribution in [2.75, 3.05) is 19.8 Å². The van der Waals surface area contributed by atoms with Gasteiger partial charge in [-0.05, 0) is 30.6 Å². The molecule has 0 aromatic carbocycles. The predicted molar refractivity (Wildman–Crippen MR) is 49.0 cm³/mol. The molecule has 0 aliphatic carbocycles. The lowest BCUT2D eigenvalue weighted by Gasteiger charge is -2.31. The SMILES string of the molecule is CC(C)C(CO)C1CCCOC1. The highest BCUT2D eigenvalue weighted by Crippen LogP contribution is 2.27. The van der Waals surface area contributed by atoms with Gasteiger partial charge in [-0.2, -0.15) is 0 Å². The van der Waals surface area contributed by atoms with Crippen molar-refractivity contribution < 1.29 is 9.84 Å². The summed E-state index contributed by atoms with van der Waals surface area (Å²) < 4.78 is 5.40. The standard InChI is InChI=1S/C10H20O2/c1-8(2)10(6-11)9-4-3-5-12-7-9/h8-11H,3-7H2,1-2H3. The summed E-state index contributed by atoms with van der Waals surface area (Å²) in [5.74, 6) is 1.59. The summed E-state index contributed by atoms with van der Waals surface area (Å²) in [5.41, 5.74) is 0. The van der Waals surface area contributed by atoms with Crippen LogP contribution in [0, 0.1) is 17.8 Å². The van der Waals surface area contributed by atoms with Crippen molar-refractivity contribution in [3.05, 3.63) is 0 Å². The Hall–Kier alpha value is -0.0800. The summed E-state index contributed by atoms with van der Waals surface area (Å²) >= 11 is 0. The maximum absolute atomic E-state index is 9.19. The van der Waals surface area contributed by atoms with E-state index in [-0.39, 0.29) is 0 Å². The lowest BCUT2D eigenvalue weighted by Crippen LogP contribution is -2.30. The Bertz CT molecular complexity index is 117. The summed E-state index contributed by atoms with van der Waals surface area (Å²) in [4.78, 5) is 0. The molecule has 0 spiro atoms. The van der Waals surface area contributed by atoms with Crippen molar-refractivity contribution in [1.82, 2.24) is 0 Å². The van der Waals surface area contributed by atoms with E-state index in [2.05, 4.69) is 13.8 Å². The molecule has 1 heterocycles.